The predicted octanol–water partition coefficient (Wildman–Crippen LogP) is 2.17. The zero-order chi connectivity index (χ0) is 16.0. The lowest BCUT2D eigenvalue weighted by Crippen LogP contribution is -2.52. The van der Waals surface area contributed by atoms with Crippen LogP contribution in [0.4, 0.5) is 0 Å². The Labute approximate surface area is 126 Å². The molecule has 118 valence electrons. The molecular weight excluding hydrogens is 268 g/mol. The molecule has 1 aliphatic rings. The van der Waals surface area contributed by atoms with Gasteiger partial charge in [0.05, 0.1) is 6.04 Å². The van der Waals surface area contributed by atoms with E-state index in [1.54, 1.807) is 6.92 Å². The molecule has 1 rings (SSSR count). The first-order valence-electron chi connectivity index (χ1n) is 7.80. The summed E-state index contributed by atoms with van der Waals surface area (Å²) in [5.41, 5.74) is 0.923. The van der Waals surface area contributed by atoms with Gasteiger partial charge in [-0.1, -0.05) is 33.6 Å². The van der Waals surface area contributed by atoms with Crippen LogP contribution in [0, 0.1) is 0 Å². The van der Waals surface area contributed by atoms with E-state index in [1.807, 2.05) is 20.8 Å². The number of nitrogens with one attached hydrogen (secondary N) is 1. The molecule has 1 aliphatic heterocycles. The minimum absolute atomic E-state index is 0.159. The van der Waals surface area contributed by atoms with Crippen molar-refractivity contribution in [3.05, 3.63) is 11.6 Å². The minimum atomic E-state index is -0.606. The van der Waals surface area contributed by atoms with E-state index in [4.69, 9.17) is 0 Å². The lowest BCUT2D eigenvalue weighted by atomic mass is 10.0. The van der Waals surface area contributed by atoms with Gasteiger partial charge in [-0.25, -0.2) is 0 Å². The Morgan fingerprint density at radius 3 is 2.48 bits per heavy atom. The second kappa shape index (κ2) is 7.96. The first-order chi connectivity index (χ1) is 9.96. The Kier molecular flexibility index (Phi) is 6.59. The summed E-state index contributed by atoms with van der Waals surface area (Å²) < 4.78 is 0. The molecule has 0 aromatic heterocycles. The van der Waals surface area contributed by atoms with E-state index in [9.17, 15) is 14.4 Å². The van der Waals surface area contributed by atoms with Gasteiger partial charge in [-0.05, 0) is 25.3 Å². The highest BCUT2D eigenvalue weighted by Gasteiger charge is 2.37. The summed E-state index contributed by atoms with van der Waals surface area (Å²) in [4.78, 5) is 37.7. The van der Waals surface area contributed by atoms with E-state index >= 15 is 0 Å². The third-order valence-electron chi connectivity index (χ3n) is 3.76. The van der Waals surface area contributed by atoms with Crippen LogP contribution in [0.2, 0.25) is 0 Å². The molecule has 1 N–H and O–H groups in total. The second-order valence-corrected chi connectivity index (χ2v) is 5.50. The van der Waals surface area contributed by atoms with Crippen LogP contribution in [0.25, 0.3) is 0 Å². The molecule has 0 unspecified atom stereocenters. The van der Waals surface area contributed by atoms with Crippen molar-refractivity contribution >= 4 is 17.7 Å². The van der Waals surface area contributed by atoms with Crippen molar-refractivity contribution in [2.24, 2.45) is 0 Å². The molecule has 0 radical (unpaired) electrons. The van der Waals surface area contributed by atoms with Gasteiger partial charge in [0.25, 0.3) is 11.8 Å². The summed E-state index contributed by atoms with van der Waals surface area (Å²) in [6, 6.07) is -0.766. The zero-order valence-corrected chi connectivity index (χ0v) is 13.4. The fourth-order valence-electron chi connectivity index (χ4n) is 2.62. The maximum Gasteiger partial charge on any atom is 0.253 e. The SMILES string of the molecule is CCC[C@@H](NC(=O)CC)C(=O)N1C(=O)C=C(C)[C@@H]1CCC. The van der Waals surface area contributed by atoms with Crippen molar-refractivity contribution in [2.45, 2.75) is 71.9 Å². The van der Waals surface area contributed by atoms with E-state index in [0.29, 0.717) is 12.8 Å². The van der Waals surface area contributed by atoms with E-state index in [1.165, 1.54) is 11.0 Å². The molecule has 0 fully saturated rings. The number of carbonyl (C=O) groups excluding carboxylic acids is 3. The minimum Gasteiger partial charge on any atom is -0.344 e. The molecule has 0 aliphatic carbocycles. The highest BCUT2D eigenvalue weighted by atomic mass is 16.2. The number of hydrogen-bond donors (Lipinski definition) is 1. The highest BCUT2D eigenvalue weighted by molar-refractivity contribution is 6.06. The molecule has 3 amide bonds. The Morgan fingerprint density at radius 2 is 1.95 bits per heavy atom. The number of imide groups is 1. The van der Waals surface area contributed by atoms with Crippen LogP contribution in [-0.4, -0.2) is 34.7 Å². The van der Waals surface area contributed by atoms with Gasteiger partial charge in [0.15, 0.2) is 0 Å². The molecule has 21 heavy (non-hydrogen) atoms. The van der Waals surface area contributed by atoms with Crippen molar-refractivity contribution in [3.8, 4) is 0 Å². The van der Waals surface area contributed by atoms with Gasteiger partial charge in [-0.2, -0.15) is 0 Å². The molecular formula is C16H26N2O3. The van der Waals surface area contributed by atoms with Crippen LogP contribution in [0.15, 0.2) is 11.6 Å². The lowest BCUT2D eigenvalue weighted by molar-refractivity contribution is -0.146. The molecule has 5 nitrogen and oxygen atoms in total. The molecule has 2 atom stereocenters. The maximum absolute atomic E-state index is 12.7. The van der Waals surface area contributed by atoms with Gasteiger partial charge in [-0.15, -0.1) is 0 Å². The smallest absolute Gasteiger partial charge is 0.253 e. The summed E-state index contributed by atoms with van der Waals surface area (Å²) >= 11 is 0. The van der Waals surface area contributed by atoms with E-state index in [0.717, 1.165) is 24.8 Å². The third-order valence-corrected chi connectivity index (χ3v) is 3.76. The summed E-state index contributed by atoms with van der Waals surface area (Å²) in [5.74, 6) is -0.705. The Balaban J connectivity index is 2.91. The second-order valence-electron chi connectivity index (χ2n) is 5.50. The number of carbonyl (C=O) groups is 3. The van der Waals surface area contributed by atoms with Crippen LogP contribution in [0.1, 0.15) is 59.8 Å². The first-order valence-corrected chi connectivity index (χ1v) is 7.80. The van der Waals surface area contributed by atoms with Crippen molar-refractivity contribution in [3.63, 3.8) is 0 Å². The summed E-state index contributed by atoms with van der Waals surface area (Å²) in [6.45, 7) is 7.61. The fourth-order valence-corrected chi connectivity index (χ4v) is 2.62. The normalized spacial score (nSPS) is 19.4. The average molecular weight is 294 g/mol. The number of rotatable bonds is 7. The van der Waals surface area contributed by atoms with Gasteiger partial charge in [-0.3, -0.25) is 19.3 Å². The maximum atomic E-state index is 12.7. The Bertz CT molecular complexity index is 443. The van der Waals surface area contributed by atoms with E-state index in [2.05, 4.69) is 5.32 Å². The molecule has 0 saturated carbocycles. The molecule has 0 aromatic carbocycles. The number of amides is 3. The summed E-state index contributed by atoms with van der Waals surface area (Å²) in [7, 11) is 0. The highest BCUT2D eigenvalue weighted by Crippen LogP contribution is 2.24. The van der Waals surface area contributed by atoms with Crippen molar-refractivity contribution in [2.75, 3.05) is 0 Å². The Morgan fingerprint density at radius 1 is 1.29 bits per heavy atom. The third kappa shape index (κ3) is 4.16. The van der Waals surface area contributed by atoms with Gasteiger partial charge in [0, 0.05) is 12.5 Å². The Hall–Kier alpha value is -1.65. The molecule has 0 bridgehead atoms. The molecule has 0 saturated heterocycles. The van der Waals surface area contributed by atoms with Gasteiger partial charge < -0.3 is 5.32 Å². The van der Waals surface area contributed by atoms with Gasteiger partial charge in [0.2, 0.25) is 5.91 Å². The lowest BCUT2D eigenvalue weighted by Gasteiger charge is -2.28. The molecule has 1 heterocycles. The van der Waals surface area contributed by atoms with Crippen LogP contribution >= 0.6 is 0 Å². The largest absolute Gasteiger partial charge is 0.344 e. The van der Waals surface area contributed by atoms with Crippen LogP contribution in [-0.2, 0) is 14.4 Å². The molecule has 0 aromatic rings. The topological polar surface area (TPSA) is 66.5 Å². The van der Waals surface area contributed by atoms with Crippen molar-refractivity contribution in [1.82, 2.24) is 10.2 Å². The fraction of sp³-hybridized carbons (Fsp3) is 0.688. The predicted molar refractivity (Wildman–Crippen MR) is 81.4 cm³/mol. The summed E-state index contributed by atoms with van der Waals surface area (Å²) in [6.07, 6.45) is 4.84. The monoisotopic (exact) mass is 294 g/mol. The molecule has 0 spiro atoms. The zero-order valence-electron chi connectivity index (χ0n) is 13.4. The average Bonchev–Trinajstić information content (AvgIpc) is 2.72. The van der Waals surface area contributed by atoms with Gasteiger partial charge in [0.1, 0.15) is 6.04 Å². The molecule has 5 heteroatoms. The van der Waals surface area contributed by atoms with Crippen LogP contribution in [0.3, 0.4) is 0 Å². The standard InChI is InChI=1S/C16H26N2O3/c1-5-8-12(17-14(19)7-3)16(21)18-13(9-6-2)11(4)10-15(18)20/h10,12-13H,5-9H2,1-4H3,(H,17,19)/t12-,13+/m1/s1. The summed E-state index contributed by atoms with van der Waals surface area (Å²) in [5, 5.41) is 2.74. The van der Waals surface area contributed by atoms with Crippen molar-refractivity contribution in [1.29, 1.82) is 0 Å². The van der Waals surface area contributed by atoms with Crippen LogP contribution in [0.5, 0.6) is 0 Å². The number of hydrogen-bond acceptors (Lipinski definition) is 3. The van der Waals surface area contributed by atoms with Gasteiger partial charge >= 0.3 is 0 Å². The first kappa shape index (κ1) is 17.4. The van der Waals surface area contributed by atoms with Crippen LogP contribution < -0.4 is 5.32 Å². The van der Waals surface area contributed by atoms with E-state index < -0.39 is 6.04 Å². The number of nitrogens with zero attached hydrogens (tertiary/aromatic N) is 1. The van der Waals surface area contributed by atoms with Crippen molar-refractivity contribution < 1.29 is 14.4 Å². The van der Waals surface area contributed by atoms with E-state index in [-0.39, 0.29) is 23.8 Å². The quantitative estimate of drug-likeness (QED) is 0.782.